The van der Waals surface area contributed by atoms with Crippen LogP contribution in [0.15, 0.2) is 53.0 Å². The fourth-order valence-corrected chi connectivity index (χ4v) is 2.69. The van der Waals surface area contributed by atoms with Gasteiger partial charge in [0.2, 0.25) is 0 Å². The van der Waals surface area contributed by atoms with Crippen molar-refractivity contribution in [3.63, 3.8) is 0 Å². The van der Waals surface area contributed by atoms with Crippen LogP contribution in [0.1, 0.15) is 11.1 Å². The number of halogens is 1. The number of hydrogen-bond donors (Lipinski definition) is 0. The average Bonchev–Trinajstić information content (AvgIpc) is 2.60. The Bertz CT molecular complexity index is 628. The quantitative estimate of drug-likeness (QED) is 0.844. The van der Waals surface area contributed by atoms with Crippen molar-refractivity contribution in [1.82, 2.24) is 4.90 Å². The highest BCUT2D eigenvalue weighted by molar-refractivity contribution is 9.10. The molecule has 0 fully saturated rings. The Labute approximate surface area is 126 Å². The van der Waals surface area contributed by atoms with Crippen LogP contribution in [0, 0.1) is 0 Å². The Morgan fingerprint density at radius 3 is 2.75 bits per heavy atom. The zero-order chi connectivity index (χ0) is 13.9. The van der Waals surface area contributed by atoms with Gasteiger partial charge in [-0.15, -0.1) is 0 Å². The van der Waals surface area contributed by atoms with Crippen LogP contribution in [0.5, 0.6) is 5.75 Å². The summed E-state index contributed by atoms with van der Waals surface area (Å²) < 4.78 is 6.57. The normalized spacial score (nSPS) is 14.4. The lowest BCUT2D eigenvalue weighted by Gasteiger charge is -2.20. The molecule has 0 bridgehead atoms. The predicted octanol–water partition coefficient (Wildman–Crippen LogP) is 3.37. The molecule has 1 heterocycles. The summed E-state index contributed by atoms with van der Waals surface area (Å²) in [7, 11) is 0. The van der Waals surface area contributed by atoms with Gasteiger partial charge in [-0.25, -0.2) is 0 Å². The van der Waals surface area contributed by atoms with E-state index in [1.165, 1.54) is 0 Å². The van der Waals surface area contributed by atoms with Crippen molar-refractivity contribution in [2.75, 3.05) is 6.61 Å². The summed E-state index contributed by atoms with van der Waals surface area (Å²) in [4.78, 5) is 14.0. The molecule has 3 rings (SSSR count). The molecule has 102 valence electrons. The van der Waals surface area contributed by atoms with Crippen LogP contribution in [0.3, 0.4) is 0 Å². The first-order valence-electron chi connectivity index (χ1n) is 6.45. The lowest BCUT2D eigenvalue weighted by atomic mass is 10.1. The molecular formula is C16H14BrNO2. The molecule has 0 radical (unpaired) electrons. The van der Waals surface area contributed by atoms with E-state index in [0.29, 0.717) is 13.1 Å². The first-order valence-corrected chi connectivity index (χ1v) is 7.24. The monoisotopic (exact) mass is 331 g/mol. The molecule has 4 heteroatoms. The molecule has 1 amide bonds. The number of carbonyl (C=O) groups is 1. The third-order valence-electron chi connectivity index (χ3n) is 3.30. The van der Waals surface area contributed by atoms with Crippen molar-refractivity contribution in [2.24, 2.45) is 0 Å². The van der Waals surface area contributed by atoms with Gasteiger partial charge >= 0.3 is 0 Å². The number of nitrogens with zero attached hydrogens (tertiary/aromatic N) is 1. The second-order valence-electron chi connectivity index (χ2n) is 4.78. The van der Waals surface area contributed by atoms with Crippen LogP contribution in [0.25, 0.3) is 0 Å². The number of benzene rings is 2. The second-order valence-corrected chi connectivity index (χ2v) is 5.69. The van der Waals surface area contributed by atoms with Gasteiger partial charge in [-0.05, 0) is 23.8 Å². The van der Waals surface area contributed by atoms with Crippen molar-refractivity contribution in [2.45, 2.75) is 13.1 Å². The van der Waals surface area contributed by atoms with E-state index < -0.39 is 0 Å². The summed E-state index contributed by atoms with van der Waals surface area (Å²) >= 11 is 3.46. The lowest BCUT2D eigenvalue weighted by Crippen LogP contribution is -2.31. The number of carbonyl (C=O) groups excluding carboxylic acids is 1. The molecule has 0 spiro atoms. The van der Waals surface area contributed by atoms with E-state index in [4.69, 9.17) is 4.74 Å². The van der Waals surface area contributed by atoms with Crippen LogP contribution in [0.4, 0.5) is 0 Å². The van der Waals surface area contributed by atoms with Gasteiger partial charge in [0.15, 0.2) is 6.61 Å². The van der Waals surface area contributed by atoms with E-state index in [9.17, 15) is 4.79 Å². The Hall–Kier alpha value is -1.81. The molecule has 2 aromatic rings. The first-order chi connectivity index (χ1) is 9.72. The van der Waals surface area contributed by atoms with Crippen LogP contribution in [-0.4, -0.2) is 17.4 Å². The zero-order valence-corrected chi connectivity index (χ0v) is 12.5. The fraction of sp³-hybridized carbons (Fsp3) is 0.188. The Balaban J connectivity index is 1.86. The minimum atomic E-state index is 0.0150. The van der Waals surface area contributed by atoms with Crippen molar-refractivity contribution in [3.8, 4) is 5.75 Å². The molecule has 20 heavy (non-hydrogen) atoms. The number of rotatable bonds is 2. The topological polar surface area (TPSA) is 29.5 Å². The van der Waals surface area contributed by atoms with Gasteiger partial charge in [0, 0.05) is 23.1 Å². The van der Waals surface area contributed by atoms with E-state index in [0.717, 1.165) is 21.3 Å². The molecule has 0 atom stereocenters. The van der Waals surface area contributed by atoms with Crippen LogP contribution >= 0.6 is 15.9 Å². The van der Waals surface area contributed by atoms with Gasteiger partial charge in [0.05, 0.1) is 0 Å². The Morgan fingerprint density at radius 1 is 1.15 bits per heavy atom. The maximum Gasteiger partial charge on any atom is 0.261 e. The fourth-order valence-electron chi connectivity index (χ4n) is 2.28. The summed E-state index contributed by atoms with van der Waals surface area (Å²) in [5.74, 6) is 0.804. The molecule has 0 saturated heterocycles. The highest BCUT2D eigenvalue weighted by Crippen LogP contribution is 2.27. The maximum atomic E-state index is 12.2. The van der Waals surface area contributed by atoms with Gasteiger partial charge in [0.1, 0.15) is 5.75 Å². The van der Waals surface area contributed by atoms with Crippen molar-refractivity contribution < 1.29 is 9.53 Å². The average molecular weight is 332 g/mol. The van der Waals surface area contributed by atoms with Crippen LogP contribution in [-0.2, 0) is 17.9 Å². The van der Waals surface area contributed by atoms with Gasteiger partial charge in [-0.1, -0.05) is 46.3 Å². The third-order valence-corrected chi connectivity index (χ3v) is 3.80. The van der Waals surface area contributed by atoms with E-state index in [1.807, 2.05) is 53.4 Å². The van der Waals surface area contributed by atoms with Crippen molar-refractivity contribution in [1.29, 1.82) is 0 Å². The summed E-state index contributed by atoms with van der Waals surface area (Å²) in [6.07, 6.45) is 0. The number of fused-ring (bicyclic) bond motifs is 1. The minimum absolute atomic E-state index is 0.0150. The molecule has 1 aliphatic rings. The number of ether oxygens (including phenoxy) is 1. The molecule has 1 aliphatic heterocycles. The van der Waals surface area contributed by atoms with E-state index >= 15 is 0 Å². The summed E-state index contributed by atoms with van der Waals surface area (Å²) in [6, 6.07) is 15.8. The van der Waals surface area contributed by atoms with Gasteiger partial charge < -0.3 is 9.64 Å². The SMILES string of the molecule is O=C1COc2ccc(Br)cc2CN1Cc1ccccc1. The summed E-state index contributed by atoms with van der Waals surface area (Å²) in [5, 5.41) is 0. The molecule has 0 N–H and O–H groups in total. The van der Waals surface area contributed by atoms with Gasteiger partial charge in [0.25, 0.3) is 5.91 Å². The van der Waals surface area contributed by atoms with Crippen LogP contribution < -0.4 is 4.74 Å². The molecule has 2 aromatic carbocycles. The van der Waals surface area contributed by atoms with Crippen LogP contribution in [0.2, 0.25) is 0 Å². The lowest BCUT2D eigenvalue weighted by molar-refractivity contribution is -0.133. The van der Waals surface area contributed by atoms with E-state index in [1.54, 1.807) is 0 Å². The van der Waals surface area contributed by atoms with E-state index in [-0.39, 0.29) is 12.5 Å². The van der Waals surface area contributed by atoms with Crippen molar-refractivity contribution in [3.05, 3.63) is 64.1 Å². The third kappa shape index (κ3) is 2.85. The highest BCUT2D eigenvalue weighted by atomic mass is 79.9. The first kappa shape index (κ1) is 13.2. The highest BCUT2D eigenvalue weighted by Gasteiger charge is 2.21. The van der Waals surface area contributed by atoms with Gasteiger partial charge in [-0.2, -0.15) is 0 Å². The smallest absolute Gasteiger partial charge is 0.261 e. The van der Waals surface area contributed by atoms with Gasteiger partial charge in [-0.3, -0.25) is 4.79 Å². The Morgan fingerprint density at radius 2 is 1.95 bits per heavy atom. The number of hydrogen-bond acceptors (Lipinski definition) is 2. The molecular weight excluding hydrogens is 318 g/mol. The van der Waals surface area contributed by atoms with E-state index in [2.05, 4.69) is 15.9 Å². The molecule has 0 aromatic heterocycles. The summed E-state index contributed by atoms with van der Waals surface area (Å²) in [5.41, 5.74) is 2.15. The molecule has 0 unspecified atom stereocenters. The standard InChI is InChI=1S/C16H14BrNO2/c17-14-6-7-15-13(8-14)10-18(16(19)11-20-15)9-12-4-2-1-3-5-12/h1-8H,9-11H2. The largest absolute Gasteiger partial charge is 0.483 e. The zero-order valence-electron chi connectivity index (χ0n) is 10.9. The predicted molar refractivity (Wildman–Crippen MR) is 80.3 cm³/mol. The number of amides is 1. The summed E-state index contributed by atoms with van der Waals surface area (Å²) in [6.45, 7) is 1.28. The van der Waals surface area contributed by atoms with Crippen molar-refractivity contribution >= 4 is 21.8 Å². The maximum absolute atomic E-state index is 12.2. The molecule has 3 nitrogen and oxygen atoms in total. The molecule has 0 aliphatic carbocycles. The molecule has 0 saturated carbocycles. The minimum Gasteiger partial charge on any atom is -0.483 e. The second kappa shape index (κ2) is 5.67. The Kier molecular flexibility index (Phi) is 3.74.